The lowest BCUT2D eigenvalue weighted by Crippen LogP contribution is -2.29. The van der Waals surface area contributed by atoms with Crippen molar-refractivity contribution in [3.63, 3.8) is 0 Å². The number of rotatable bonds is 12. The summed E-state index contributed by atoms with van der Waals surface area (Å²) in [4.78, 5) is 27.6. The Morgan fingerprint density at radius 1 is 0.935 bits per heavy atom. The molecule has 1 aliphatic heterocycles. The minimum absolute atomic E-state index is 0.0648. The van der Waals surface area contributed by atoms with Gasteiger partial charge in [0, 0.05) is 17.7 Å². The van der Waals surface area contributed by atoms with Crippen molar-refractivity contribution in [3.8, 4) is 17.2 Å². The molecule has 1 aliphatic rings. The van der Waals surface area contributed by atoms with E-state index in [-0.39, 0.29) is 36.6 Å². The van der Waals surface area contributed by atoms with Crippen molar-refractivity contribution in [3.05, 3.63) is 118 Å². The van der Waals surface area contributed by atoms with Gasteiger partial charge in [-0.25, -0.2) is 5.01 Å². The summed E-state index contributed by atoms with van der Waals surface area (Å²) in [5.41, 5.74) is 3.41. The lowest BCUT2D eigenvalue weighted by molar-refractivity contribution is -0.130. The van der Waals surface area contributed by atoms with Crippen LogP contribution in [-0.2, 0) is 22.6 Å². The number of hydrogen-bond donors (Lipinski definition) is 1. The highest BCUT2D eigenvalue weighted by Gasteiger charge is 2.36. The first-order valence-corrected chi connectivity index (χ1v) is 16.5. The lowest BCUT2D eigenvalue weighted by atomic mass is 9.99. The molecule has 2 aromatic heterocycles. The molecule has 6 rings (SSSR count). The fourth-order valence-corrected chi connectivity index (χ4v) is 6.85. The Balaban J connectivity index is 1.23. The molecule has 1 N–H and O–H groups in total. The maximum Gasteiger partial charge on any atom is 0.253 e. The molecule has 12 heteroatoms. The van der Waals surface area contributed by atoms with Crippen LogP contribution in [0.15, 0.2) is 107 Å². The van der Waals surface area contributed by atoms with Crippen molar-refractivity contribution in [1.82, 2.24) is 25.1 Å². The first kappa shape index (κ1) is 31.1. The van der Waals surface area contributed by atoms with Crippen LogP contribution >= 0.6 is 23.1 Å². The zero-order valence-corrected chi connectivity index (χ0v) is 27.0. The Morgan fingerprint density at radius 3 is 2.43 bits per heavy atom. The van der Waals surface area contributed by atoms with Crippen LogP contribution in [0.4, 0.5) is 0 Å². The number of carbonyl (C=O) groups is 2. The van der Waals surface area contributed by atoms with E-state index in [0.717, 1.165) is 27.4 Å². The first-order valence-electron chi connectivity index (χ1n) is 14.6. The summed E-state index contributed by atoms with van der Waals surface area (Å²) in [6, 6.07) is 28.5. The second-order valence-corrected chi connectivity index (χ2v) is 12.3. The number of nitrogens with zero attached hydrogens (tertiary/aromatic N) is 5. The van der Waals surface area contributed by atoms with Gasteiger partial charge in [0.15, 0.2) is 22.5 Å². The molecule has 3 heterocycles. The SMILES string of the molecule is COc1cccc(C2CC(c3cccs3)=NN2C(=O)CSc2nnc(CNC(=O)Cc3ccccc3)n2-c2ccccc2)c1OC. The molecule has 0 bridgehead atoms. The summed E-state index contributed by atoms with van der Waals surface area (Å²) < 4.78 is 13.2. The third-order valence-electron chi connectivity index (χ3n) is 7.45. The minimum atomic E-state index is -0.377. The predicted octanol–water partition coefficient (Wildman–Crippen LogP) is 5.67. The maximum absolute atomic E-state index is 13.9. The van der Waals surface area contributed by atoms with Gasteiger partial charge in [-0.3, -0.25) is 14.2 Å². The molecule has 1 unspecified atom stereocenters. The van der Waals surface area contributed by atoms with Crippen molar-refractivity contribution < 1.29 is 19.1 Å². The Labute approximate surface area is 275 Å². The van der Waals surface area contributed by atoms with Crippen molar-refractivity contribution in [2.75, 3.05) is 20.0 Å². The van der Waals surface area contributed by atoms with Crippen LogP contribution in [0.2, 0.25) is 0 Å². The number of benzene rings is 3. The maximum atomic E-state index is 13.9. The molecule has 234 valence electrons. The fourth-order valence-electron chi connectivity index (χ4n) is 5.31. The molecule has 0 saturated heterocycles. The van der Waals surface area contributed by atoms with E-state index in [9.17, 15) is 9.59 Å². The Hall–Kier alpha value is -4.94. The highest BCUT2D eigenvalue weighted by atomic mass is 32.2. The van der Waals surface area contributed by atoms with E-state index < -0.39 is 0 Å². The van der Waals surface area contributed by atoms with E-state index >= 15 is 0 Å². The number of hydrazone groups is 1. The molecular weight excluding hydrogens is 621 g/mol. The normalized spacial score (nSPS) is 14.2. The molecule has 0 spiro atoms. The number of ether oxygens (including phenoxy) is 2. The second kappa shape index (κ2) is 14.4. The fraction of sp³-hybridized carbons (Fsp3) is 0.206. The van der Waals surface area contributed by atoms with Gasteiger partial charge in [0.05, 0.1) is 49.6 Å². The number of nitrogens with one attached hydrogen (secondary N) is 1. The van der Waals surface area contributed by atoms with Crippen LogP contribution in [0.25, 0.3) is 5.69 Å². The summed E-state index contributed by atoms with van der Waals surface area (Å²) in [7, 11) is 3.19. The van der Waals surface area contributed by atoms with E-state index in [1.54, 1.807) is 30.6 Å². The lowest BCUT2D eigenvalue weighted by Gasteiger charge is -2.24. The van der Waals surface area contributed by atoms with Gasteiger partial charge in [0.2, 0.25) is 5.91 Å². The molecular formula is C34H32N6O4S2. The largest absolute Gasteiger partial charge is 0.493 e. The van der Waals surface area contributed by atoms with Crippen LogP contribution in [-0.4, -0.2) is 57.3 Å². The number of methoxy groups -OCH3 is 2. The van der Waals surface area contributed by atoms with Gasteiger partial charge in [-0.2, -0.15) is 5.10 Å². The average Bonchev–Trinajstić information content (AvgIpc) is 3.87. The molecule has 10 nitrogen and oxygen atoms in total. The van der Waals surface area contributed by atoms with Gasteiger partial charge < -0.3 is 14.8 Å². The zero-order valence-electron chi connectivity index (χ0n) is 25.3. The third-order valence-corrected chi connectivity index (χ3v) is 9.29. The Kier molecular flexibility index (Phi) is 9.75. The van der Waals surface area contributed by atoms with Crippen LogP contribution in [0.1, 0.15) is 34.3 Å². The topological polar surface area (TPSA) is 111 Å². The standard InChI is InChI=1S/C34H32N6O4S2/c1-43-28-16-9-15-25(33(28)44-2)27-20-26(29-17-10-18-45-29)38-40(27)32(42)22-46-34-37-36-30(39(34)24-13-7-4-8-14-24)21-35-31(41)19-23-11-5-3-6-12-23/h3-18,27H,19-22H2,1-2H3,(H,35,41). The van der Waals surface area contributed by atoms with Gasteiger partial charge in [0.1, 0.15) is 0 Å². The molecule has 0 aliphatic carbocycles. The van der Waals surface area contributed by atoms with Gasteiger partial charge >= 0.3 is 0 Å². The molecule has 3 aromatic carbocycles. The molecule has 2 amide bonds. The number of aromatic nitrogens is 3. The molecule has 1 atom stereocenters. The number of thiophene rings is 1. The van der Waals surface area contributed by atoms with Crippen LogP contribution in [0.5, 0.6) is 11.5 Å². The third kappa shape index (κ3) is 6.82. The van der Waals surface area contributed by atoms with Crippen LogP contribution in [0.3, 0.4) is 0 Å². The Bertz CT molecular complexity index is 1830. The molecule has 5 aromatic rings. The van der Waals surface area contributed by atoms with E-state index in [4.69, 9.17) is 14.6 Å². The molecule has 0 radical (unpaired) electrons. The van der Waals surface area contributed by atoms with Gasteiger partial charge in [-0.1, -0.05) is 78.5 Å². The average molecular weight is 653 g/mol. The highest BCUT2D eigenvalue weighted by Crippen LogP contribution is 2.42. The number of para-hydroxylation sites is 2. The second-order valence-electron chi connectivity index (χ2n) is 10.4. The van der Waals surface area contributed by atoms with E-state index in [1.807, 2.05) is 101 Å². The van der Waals surface area contributed by atoms with Crippen molar-refractivity contribution >= 4 is 40.6 Å². The summed E-state index contributed by atoms with van der Waals surface area (Å²) in [6.45, 7) is 0.181. The Morgan fingerprint density at radius 2 is 1.72 bits per heavy atom. The van der Waals surface area contributed by atoms with Gasteiger partial charge in [0.25, 0.3) is 5.91 Å². The van der Waals surface area contributed by atoms with Gasteiger partial charge in [-0.15, -0.1) is 21.5 Å². The monoisotopic (exact) mass is 652 g/mol. The summed E-state index contributed by atoms with van der Waals surface area (Å²) >= 11 is 2.86. The quantitative estimate of drug-likeness (QED) is 0.173. The molecule has 0 fully saturated rings. The molecule has 0 saturated carbocycles. The van der Waals surface area contributed by atoms with Crippen molar-refractivity contribution in [2.45, 2.75) is 30.6 Å². The van der Waals surface area contributed by atoms with E-state index in [0.29, 0.717) is 28.9 Å². The predicted molar refractivity (Wildman–Crippen MR) is 179 cm³/mol. The highest BCUT2D eigenvalue weighted by molar-refractivity contribution is 7.99. The van der Waals surface area contributed by atoms with E-state index in [1.165, 1.54) is 11.8 Å². The van der Waals surface area contributed by atoms with Crippen molar-refractivity contribution in [1.29, 1.82) is 0 Å². The number of amides is 2. The summed E-state index contributed by atoms with van der Waals surface area (Å²) in [5, 5.41) is 20.7. The number of thioether (sulfide) groups is 1. The summed E-state index contributed by atoms with van der Waals surface area (Å²) in [6.07, 6.45) is 0.799. The number of carbonyl (C=O) groups excluding carboxylic acids is 2. The number of hydrogen-bond acceptors (Lipinski definition) is 9. The zero-order chi connectivity index (χ0) is 31.9. The van der Waals surface area contributed by atoms with Crippen LogP contribution < -0.4 is 14.8 Å². The van der Waals surface area contributed by atoms with Crippen molar-refractivity contribution in [2.24, 2.45) is 5.10 Å². The molecule has 46 heavy (non-hydrogen) atoms. The van der Waals surface area contributed by atoms with E-state index in [2.05, 4.69) is 15.5 Å². The van der Waals surface area contributed by atoms with Crippen LogP contribution in [0, 0.1) is 0 Å². The smallest absolute Gasteiger partial charge is 0.253 e. The minimum Gasteiger partial charge on any atom is -0.493 e. The first-order chi connectivity index (χ1) is 22.6. The summed E-state index contributed by atoms with van der Waals surface area (Å²) in [5.74, 6) is 1.48. The van der Waals surface area contributed by atoms with Gasteiger partial charge in [-0.05, 0) is 35.2 Å².